The molecule has 1 N–H and O–H groups in total. The van der Waals surface area contributed by atoms with E-state index in [1.807, 2.05) is 13.8 Å². The van der Waals surface area contributed by atoms with Crippen LogP contribution in [0.25, 0.3) is 17.0 Å². The molecule has 2 aromatic carbocycles. The number of rotatable bonds is 8. The van der Waals surface area contributed by atoms with Crippen LogP contribution in [0.5, 0.6) is 0 Å². The van der Waals surface area contributed by atoms with Gasteiger partial charge in [0.05, 0.1) is 11.6 Å². The number of ether oxygens (including phenoxy) is 1. The summed E-state index contributed by atoms with van der Waals surface area (Å²) in [7, 11) is 0. The summed E-state index contributed by atoms with van der Waals surface area (Å²) in [5.41, 5.74) is 5.99. The van der Waals surface area contributed by atoms with E-state index in [0.29, 0.717) is 42.1 Å². The number of hydrogen-bond donors (Lipinski definition) is 1. The van der Waals surface area contributed by atoms with Gasteiger partial charge >= 0.3 is 0 Å². The van der Waals surface area contributed by atoms with Crippen LogP contribution in [-0.2, 0) is 4.74 Å². The number of aryl methyl sites for hydroxylation is 2. The molecule has 0 amide bonds. The van der Waals surface area contributed by atoms with Gasteiger partial charge in [0.1, 0.15) is 5.82 Å². The van der Waals surface area contributed by atoms with Gasteiger partial charge in [0.25, 0.3) is 5.89 Å². The molecule has 1 atom stereocenters. The molecule has 3 aromatic rings. The van der Waals surface area contributed by atoms with E-state index in [1.54, 1.807) is 12.1 Å². The van der Waals surface area contributed by atoms with E-state index in [4.69, 9.17) is 21.5 Å². The van der Waals surface area contributed by atoms with Crippen LogP contribution < -0.4 is 5.32 Å². The molecule has 1 unspecified atom stereocenters. The van der Waals surface area contributed by atoms with Crippen LogP contribution in [0.3, 0.4) is 0 Å². The molecule has 0 saturated heterocycles. The maximum atomic E-state index is 13.4. The standard InChI is InChI=1S/C26H29FN4O2S/c1-5-32-14-6-13-31-18(4)22(23(28-26(31)34)20-8-7-16(2)17(3)15-20)25-29-24(30-33-25)19-9-11-21(27)12-10-19/h7-12,15,23H,5-6,13-14H2,1-4H3,(H,28,34). The largest absolute Gasteiger partial charge is 0.382 e. The Labute approximate surface area is 204 Å². The van der Waals surface area contributed by atoms with Crippen molar-refractivity contribution in [3.8, 4) is 11.4 Å². The summed E-state index contributed by atoms with van der Waals surface area (Å²) in [5.74, 6) is 0.503. The van der Waals surface area contributed by atoms with Crippen LogP contribution in [0.2, 0.25) is 0 Å². The third-order valence-corrected chi connectivity index (χ3v) is 6.43. The molecule has 0 bridgehead atoms. The number of nitrogens with zero attached hydrogens (tertiary/aromatic N) is 3. The van der Waals surface area contributed by atoms with Crippen molar-refractivity contribution in [3.63, 3.8) is 0 Å². The molecule has 178 valence electrons. The summed E-state index contributed by atoms with van der Waals surface area (Å²) in [5, 5.41) is 8.31. The molecule has 0 radical (unpaired) electrons. The van der Waals surface area contributed by atoms with Crippen LogP contribution in [0.4, 0.5) is 4.39 Å². The van der Waals surface area contributed by atoms with Gasteiger partial charge in [0.15, 0.2) is 5.11 Å². The zero-order valence-corrected chi connectivity index (χ0v) is 20.7. The summed E-state index contributed by atoms with van der Waals surface area (Å²) in [6.07, 6.45) is 0.833. The first-order valence-corrected chi connectivity index (χ1v) is 11.8. The highest BCUT2D eigenvalue weighted by molar-refractivity contribution is 7.80. The van der Waals surface area contributed by atoms with Crippen LogP contribution >= 0.6 is 12.2 Å². The molecule has 34 heavy (non-hydrogen) atoms. The molecular weight excluding hydrogens is 451 g/mol. The predicted octanol–water partition coefficient (Wildman–Crippen LogP) is 5.58. The van der Waals surface area contributed by atoms with Gasteiger partial charge in [-0.3, -0.25) is 0 Å². The van der Waals surface area contributed by atoms with Crippen LogP contribution in [-0.4, -0.2) is 39.9 Å². The molecule has 0 aliphatic carbocycles. The fourth-order valence-electron chi connectivity index (χ4n) is 4.04. The zero-order chi connectivity index (χ0) is 24.2. The molecule has 1 aliphatic heterocycles. The predicted molar refractivity (Wildman–Crippen MR) is 134 cm³/mol. The smallest absolute Gasteiger partial charge is 0.258 e. The quantitative estimate of drug-likeness (QED) is 0.333. The highest BCUT2D eigenvalue weighted by atomic mass is 32.1. The first kappa shape index (κ1) is 24.0. The Morgan fingerprint density at radius 2 is 1.88 bits per heavy atom. The Bertz CT molecular complexity index is 1210. The van der Waals surface area contributed by atoms with Crippen molar-refractivity contribution in [2.45, 2.75) is 40.2 Å². The molecule has 4 rings (SSSR count). The van der Waals surface area contributed by atoms with Crippen molar-refractivity contribution in [1.29, 1.82) is 0 Å². The molecule has 0 saturated carbocycles. The lowest BCUT2D eigenvalue weighted by atomic mass is 9.92. The van der Waals surface area contributed by atoms with Crippen LogP contribution in [0.1, 0.15) is 48.9 Å². The highest BCUT2D eigenvalue weighted by Gasteiger charge is 2.34. The fraction of sp³-hybridized carbons (Fsp3) is 0.346. The minimum Gasteiger partial charge on any atom is -0.382 e. The van der Waals surface area contributed by atoms with Gasteiger partial charge in [0, 0.05) is 31.0 Å². The average Bonchev–Trinajstić information content (AvgIpc) is 3.30. The number of hydrogen-bond acceptors (Lipinski definition) is 5. The molecule has 0 fully saturated rings. The van der Waals surface area contributed by atoms with Gasteiger partial charge in [0.2, 0.25) is 5.82 Å². The third kappa shape index (κ3) is 5.03. The molecule has 1 aromatic heterocycles. The van der Waals surface area contributed by atoms with Gasteiger partial charge in [-0.15, -0.1) is 0 Å². The maximum Gasteiger partial charge on any atom is 0.258 e. The van der Waals surface area contributed by atoms with Crippen LogP contribution in [0.15, 0.2) is 52.7 Å². The fourth-order valence-corrected chi connectivity index (χ4v) is 4.39. The van der Waals surface area contributed by atoms with E-state index in [2.05, 4.69) is 52.4 Å². The highest BCUT2D eigenvalue weighted by Crippen LogP contribution is 2.38. The Kier molecular flexibility index (Phi) is 7.38. The number of allylic oxidation sites excluding steroid dienone is 1. The van der Waals surface area contributed by atoms with Gasteiger partial charge in [-0.25, -0.2) is 4.39 Å². The van der Waals surface area contributed by atoms with E-state index in [0.717, 1.165) is 23.3 Å². The van der Waals surface area contributed by atoms with E-state index < -0.39 is 0 Å². The normalized spacial score (nSPS) is 16.2. The second kappa shape index (κ2) is 10.4. The van der Waals surface area contributed by atoms with Crippen molar-refractivity contribution in [2.24, 2.45) is 0 Å². The van der Waals surface area contributed by atoms with E-state index in [1.165, 1.54) is 23.3 Å². The van der Waals surface area contributed by atoms with Crippen molar-refractivity contribution in [2.75, 3.05) is 19.8 Å². The second-order valence-electron chi connectivity index (χ2n) is 8.36. The van der Waals surface area contributed by atoms with Crippen molar-refractivity contribution >= 4 is 22.9 Å². The molecule has 2 heterocycles. The lowest BCUT2D eigenvalue weighted by molar-refractivity contribution is 0.141. The second-order valence-corrected chi connectivity index (χ2v) is 8.74. The molecule has 0 spiro atoms. The average molecular weight is 481 g/mol. The molecular formula is C26H29FN4O2S. The summed E-state index contributed by atoms with van der Waals surface area (Å²) in [6.45, 7) is 10.3. The van der Waals surface area contributed by atoms with Crippen molar-refractivity contribution in [1.82, 2.24) is 20.4 Å². The van der Waals surface area contributed by atoms with E-state index in [9.17, 15) is 4.39 Å². The molecule has 1 aliphatic rings. The number of aromatic nitrogens is 2. The van der Waals surface area contributed by atoms with Gasteiger partial charge in [-0.2, -0.15) is 4.98 Å². The van der Waals surface area contributed by atoms with Gasteiger partial charge in [-0.1, -0.05) is 23.4 Å². The Hall–Kier alpha value is -3.10. The summed E-state index contributed by atoms with van der Waals surface area (Å²) < 4.78 is 24.6. The number of thiocarbonyl (C=S) groups is 1. The first-order valence-electron chi connectivity index (χ1n) is 11.4. The SMILES string of the molecule is CCOCCCN1C(=S)NC(c2ccc(C)c(C)c2)C(c2nc(-c3ccc(F)cc3)no2)=C1C. The minimum atomic E-state index is -0.312. The van der Waals surface area contributed by atoms with Gasteiger partial charge in [-0.05, 0) is 87.3 Å². The zero-order valence-electron chi connectivity index (χ0n) is 19.9. The number of benzene rings is 2. The Morgan fingerprint density at radius 3 is 2.59 bits per heavy atom. The lowest BCUT2D eigenvalue weighted by Gasteiger charge is -2.37. The lowest BCUT2D eigenvalue weighted by Crippen LogP contribution is -2.46. The maximum absolute atomic E-state index is 13.4. The van der Waals surface area contributed by atoms with Crippen molar-refractivity contribution < 1.29 is 13.7 Å². The number of halogens is 1. The van der Waals surface area contributed by atoms with E-state index in [-0.39, 0.29) is 11.9 Å². The monoisotopic (exact) mass is 480 g/mol. The minimum absolute atomic E-state index is 0.239. The summed E-state index contributed by atoms with van der Waals surface area (Å²) in [6, 6.07) is 12.2. The molecule has 8 heteroatoms. The third-order valence-electron chi connectivity index (χ3n) is 6.09. The summed E-state index contributed by atoms with van der Waals surface area (Å²) >= 11 is 5.75. The van der Waals surface area contributed by atoms with E-state index >= 15 is 0 Å². The Balaban J connectivity index is 1.75. The van der Waals surface area contributed by atoms with Gasteiger partial charge < -0.3 is 19.5 Å². The summed E-state index contributed by atoms with van der Waals surface area (Å²) in [4.78, 5) is 6.73. The van der Waals surface area contributed by atoms with Crippen molar-refractivity contribution in [3.05, 3.63) is 76.6 Å². The van der Waals surface area contributed by atoms with Crippen LogP contribution in [0, 0.1) is 19.7 Å². The Morgan fingerprint density at radius 1 is 1.12 bits per heavy atom. The topological polar surface area (TPSA) is 63.4 Å². The number of nitrogens with one attached hydrogen (secondary N) is 1. The molecule has 6 nitrogen and oxygen atoms in total. The first-order chi connectivity index (χ1) is 16.4.